The molecule has 1 aliphatic heterocycles. The second-order valence-electron chi connectivity index (χ2n) is 6.56. The Hall–Kier alpha value is -2.73. The van der Waals surface area contributed by atoms with Gasteiger partial charge in [-0.1, -0.05) is 12.2 Å². The summed E-state index contributed by atoms with van der Waals surface area (Å²) in [6.07, 6.45) is 4.54. The van der Waals surface area contributed by atoms with Crippen LogP contribution in [0.1, 0.15) is 12.1 Å². The third-order valence-electron chi connectivity index (χ3n) is 4.37. The Balaban J connectivity index is 1.58. The fourth-order valence-corrected chi connectivity index (χ4v) is 4.06. The van der Waals surface area contributed by atoms with Gasteiger partial charge in [0.1, 0.15) is 18.2 Å². The van der Waals surface area contributed by atoms with Crippen LogP contribution in [-0.2, 0) is 26.1 Å². The summed E-state index contributed by atoms with van der Waals surface area (Å²) in [7, 11) is -3.95. The molecule has 1 aliphatic rings. The number of sulfonamides is 1. The van der Waals surface area contributed by atoms with Crippen LogP contribution in [0.4, 0.5) is 4.39 Å². The summed E-state index contributed by atoms with van der Waals surface area (Å²) in [6.45, 7) is -0.221. The molecule has 30 heavy (non-hydrogen) atoms. The van der Waals surface area contributed by atoms with Crippen molar-refractivity contribution in [1.29, 1.82) is 0 Å². The minimum atomic E-state index is -3.95. The summed E-state index contributed by atoms with van der Waals surface area (Å²) >= 11 is 0. The molecule has 9 nitrogen and oxygen atoms in total. The summed E-state index contributed by atoms with van der Waals surface area (Å²) in [4.78, 5) is 19.8. The summed E-state index contributed by atoms with van der Waals surface area (Å²) in [6, 6.07) is 5.21. The summed E-state index contributed by atoms with van der Waals surface area (Å²) in [5.74, 6) is -0.839. The largest absolute Gasteiger partial charge is 0.394 e. The molecule has 11 heteroatoms. The number of aromatic nitrogens is 2. The Morgan fingerprint density at radius 3 is 2.63 bits per heavy atom. The molecule has 0 fully saturated rings. The first-order chi connectivity index (χ1) is 14.4. The lowest BCUT2D eigenvalue weighted by Crippen LogP contribution is -2.49. The average Bonchev–Trinajstić information content (AvgIpc) is 2.74. The van der Waals surface area contributed by atoms with Gasteiger partial charge < -0.3 is 15.2 Å². The molecule has 0 radical (unpaired) electrons. The van der Waals surface area contributed by atoms with Crippen molar-refractivity contribution < 1.29 is 27.4 Å². The minimum Gasteiger partial charge on any atom is -0.394 e. The number of rotatable bonds is 8. The molecule has 1 aromatic carbocycles. The molecule has 0 saturated heterocycles. The normalized spacial score (nSPS) is 21.3. The van der Waals surface area contributed by atoms with E-state index < -0.39 is 40.7 Å². The zero-order valence-corrected chi connectivity index (χ0v) is 16.6. The molecule has 3 N–H and O–H groups in total. The van der Waals surface area contributed by atoms with Gasteiger partial charge in [0, 0.05) is 6.20 Å². The number of amides is 1. The van der Waals surface area contributed by atoms with E-state index >= 15 is 0 Å². The number of carbonyl (C=O) groups is 1. The Kier molecular flexibility index (Phi) is 7.21. The van der Waals surface area contributed by atoms with Gasteiger partial charge in [0.25, 0.3) is 0 Å². The van der Waals surface area contributed by atoms with Gasteiger partial charge >= 0.3 is 0 Å². The summed E-state index contributed by atoms with van der Waals surface area (Å²) in [5, 5.41) is 12.3. The van der Waals surface area contributed by atoms with Crippen LogP contribution in [0.2, 0.25) is 0 Å². The molecular formula is C19H21FN4O5S. The number of aliphatic hydroxyl groups is 1. The van der Waals surface area contributed by atoms with E-state index in [4.69, 9.17) is 4.74 Å². The molecule has 0 bridgehead atoms. The van der Waals surface area contributed by atoms with Crippen molar-refractivity contribution in [2.75, 3.05) is 6.61 Å². The maximum Gasteiger partial charge on any atom is 0.241 e. The van der Waals surface area contributed by atoms with Gasteiger partial charge in [-0.25, -0.2) is 27.5 Å². The van der Waals surface area contributed by atoms with E-state index in [1.54, 1.807) is 18.3 Å². The molecule has 3 atom stereocenters. The highest BCUT2D eigenvalue weighted by Gasteiger charge is 2.31. The molecule has 0 unspecified atom stereocenters. The molecule has 0 aliphatic carbocycles. The number of halogens is 1. The number of aliphatic hydroxyl groups excluding tert-OH is 1. The van der Waals surface area contributed by atoms with Crippen LogP contribution >= 0.6 is 0 Å². The van der Waals surface area contributed by atoms with E-state index in [9.17, 15) is 22.7 Å². The van der Waals surface area contributed by atoms with Gasteiger partial charge in [0.05, 0.1) is 42.3 Å². The number of carbonyl (C=O) groups excluding carboxylic acids is 1. The molecule has 0 spiro atoms. The maximum absolute atomic E-state index is 13.0. The smallest absolute Gasteiger partial charge is 0.241 e. The Labute approximate surface area is 173 Å². The van der Waals surface area contributed by atoms with Crippen LogP contribution in [0.5, 0.6) is 0 Å². The highest BCUT2D eigenvalue weighted by atomic mass is 32.2. The first-order valence-corrected chi connectivity index (χ1v) is 10.6. The predicted molar refractivity (Wildman–Crippen MR) is 104 cm³/mol. The topological polar surface area (TPSA) is 131 Å². The maximum atomic E-state index is 13.0. The van der Waals surface area contributed by atoms with Crippen molar-refractivity contribution in [2.24, 2.45) is 0 Å². The van der Waals surface area contributed by atoms with Gasteiger partial charge in [0.15, 0.2) is 0 Å². The van der Waals surface area contributed by atoms with E-state index in [0.717, 1.165) is 24.3 Å². The van der Waals surface area contributed by atoms with E-state index in [0.29, 0.717) is 5.69 Å². The van der Waals surface area contributed by atoms with Crippen molar-refractivity contribution in [1.82, 2.24) is 20.0 Å². The van der Waals surface area contributed by atoms with Gasteiger partial charge in [-0.3, -0.25) is 4.79 Å². The number of nitrogens with one attached hydrogen (secondary N) is 2. The highest BCUT2D eigenvalue weighted by Crippen LogP contribution is 2.18. The summed E-state index contributed by atoms with van der Waals surface area (Å²) < 4.78 is 46.1. The molecule has 1 amide bonds. The lowest BCUT2D eigenvalue weighted by atomic mass is 10.1. The number of benzene rings is 1. The van der Waals surface area contributed by atoms with E-state index in [1.165, 1.54) is 12.4 Å². The second kappa shape index (κ2) is 9.85. The zero-order chi connectivity index (χ0) is 21.6. The SMILES string of the molecule is O=C(C[C@H]1C=C[C@H](NS(=O)(=O)c2ccc(F)cc2)[C@@H](CO)O1)NCc1ccncn1. The Bertz CT molecular complexity index is 986. The van der Waals surface area contributed by atoms with Crippen LogP contribution in [0.15, 0.2) is 59.9 Å². The monoisotopic (exact) mass is 436 g/mol. The van der Waals surface area contributed by atoms with Crippen molar-refractivity contribution in [3.05, 3.63) is 66.5 Å². The van der Waals surface area contributed by atoms with Crippen LogP contribution < -0.4 is 10.0 Å². The van der Waals surface area contributed by atoms with Crippen molar-refractivity contribution in [3.63, 3.8) is 0 Å². The fourth-order valence-electron chi connectivity index (χ4n) is 2.84. The predicted octanol–water partition coefficient (Wildman–Crippen LogP) is 0.285. The van der Waals surface area contributed by atoms with Gasteiger partial charge in [-0.05, 0) is 30.3 Å². The zero-order valence-electron chi connectivity index (χ0n) is 15.8. The Morgan fingerprint density at radius 1 is 1.20 bits per heavy atom. The van der Waals surface area contributed by atoms with Gasteiger partial charge in [-0.15, -0.1) is 0 Å². The average molecular weight is 436 g/mol. The van der Waals surface area contributed by atoms with E-state index in [-0.39, 0.29) is 23.8 Å². The van der Waals surface area contributed by atoms with Gasteiger partial charge in [-0.2, -0.15) is 0 Å². The third-order valence-corrected chi connectivity index (χ3v) is 5.85. The van der Waals surface area contributed by atoms with Crippen molar-refractivity contribution in [2.45, 2.75) is 36.1 Å². The van der Waals surface area contributed by atoms with Crippen molar-refractivity contribution in [3.8, 4) is 0 Å². The minimum absolute atomic E-state index is 0.00445. The van der Waals surface area contributed by atoms with Crippen LogP contribution in [-0.4, -0.2) is 54.3 Å². The molecule has 1 aromatic heterocycles. The standard InChI is InChI=1S/C19H21FN4O5S/c20-13-1-4-16(5-2-13)30(27,28)24-17-6-3-15(29-18(17)11-25)9-19(26)22-10-14-7-8-21-12-23-14/h1-8,12,15,17-18,24-25H,9-11H2,(H,22,26)/t15-,17+,18-/m1/s1. The first-order valence-electron chi connectivity index (χ1n) is 9.11. The van der Waals surface area contributed by atoms with E-state index in [2.05, 4.69) is 20.0 Å². The van der Waals surface area contributed by atoms with Crippen LogP contribution in [0.25, 0.3) is 0 Å². The van der Waals surface area contributed by atoms with Crippen LogP contribution in [0, 0.1) is 5.82 Å². The molecule has 160 valence electrons. The molecule has 3 rings (SSSR count). The molecule has 2 aromatic rings. The fraction of sp³-hybridized carbons (Fsp3) is 0.316. The number of nitrogens with zero attached hydrogens (tertiary/aromatic N) is 2. The number of ether oxygens (including phenoxy) is 1. The lowest BCUT2D eigenvalue weighted by Gasteiger charge is -2.31. The second-order valence-corrected chi connectivity index (χ2v) is 8.28. The number of hydrogen-bond donors (Lipinski definition) is 3. The first kappa shape index (κ1) is 22.0. The Morgan fingerprint density at radius 2 is 1.97 bits per heavy atom. The van der Waals surface area contributed by atoms with Crippen LogP contribution in [0.3, 0.4) is 0 Å². The molecule has 2 heterocycles. The third kappa shape index (κ3) is 5.89. The molecule has 0 saturated carbocycles. The van der Waals surface area contributed by atoms with Crippen molar-refractivity contribution >= 4 is 15.9 Å². The number of hydrogen-bond acceptors (Lipinski definition) is 7. The quantitative estimate of drug-likeness (QED) is 0.507. The lowest BCUT2D eigenvalue weighted by molar-refractivity contribution is -0.125. The van der Waals surface area contributed by atoms with E-state index in [1.807, 2.05) is 0 Å². The summed E-state index contributed by atoms with van der Waals surface area (Å²) in [5.41, 5.74) is 0.655. The molecular weight excluding hydrogens is 415 g/mol. The van der Waals surface area contributed by atoms with Gasteiger partial charge in [0.2, 0.25) is 15.9 Å². The highest BCUT2D eigenvalue weighted by molar-refractivity contribution is 7.89.